The van der Waals surface area contributed by atoms with Gasteiger partial charge in [0.2, 0.25) is 0 Å². The van der Waals surface area contributed by atoms with E-state index in [1.807, 2.05) is 36.4 Å². The van der Waals surface area contributed by atoms with Crippen LogP contribution >= 0.6 is 0 Å². The Kier molecular flexibility index (Phi) is 4.91. The Hall–Kier alpha value is -3.08. The summed E-state index contributed by atoms with van der Waals surface area (Å²) in [6.07, 6.45) is 4.85. The van der Waals surface area contributed by atoms with Gasteiger partial charge in [0.1, 0.15) is 29.3 Å². The number of ether oxygens (including phenoxy) is 2. The molecule has 0 bridgehead atoms. The third kappa shape index (κ3) is 3.77. The number of nitrogens with zero attached hydrogens (tertiary/aromatic N) is 1. The first-order chi connectivity index (χ1) is 13.8. The second kappa shape index (κ2) is 7.39. The Morgan fingerprint density at radius 1 is 1.21 bits per heavy atom. The number of furan rings is 1. The first-order valence-corrected chi connectivity index (χ1v) is 9.82. The van der Waals surface area contributed by atoms with Crippen molar-refractivity contribution in [3.05, 3.63) is 60.9 Å². The number of rotatable bonds is 5. The number of fused-ring (bicyclic) bond motifs is 1. The Bertz CT molecular complexity index is 1050. The van der Waals surface area contributed by atoms with E-state index in [1.165, 1.54) is 0 Å². The zero-order chi connectivity index (χ0) is 20.6. The summed E-state index contributed by atoms with van der Waals surface area (Å²) in [6, 6.07) is 11.7. The number of benzene rings is 1. The van der Waals surface area contributed by atoms with Gasteiger partial charge in [0, 0.05) is 40.4 Å². The molecule has 0 saturated heterocycles. The normalized spacial score (nSPS) is 20.5. The maximum absolute atomic E-state index is 11.9. The number of pyridine rings is 1. The van der Waals surface area contributed by atoms with Crippen LogP contribution in [-0.2, 0) is 9.53 Å². The summed E-state index contributed by atoms with van der Waals surface area (Å²) in [4.78, 5) is 16.1. The summed E-state index contributed by atoms with van der Waals surface area (Å²) >= 11 is 0. The number of carbonyl (C=O) groups is 1. The van der Waals surface area contributed by atoms with E-state index in [9.17, 15) is 4.79 Å². The highest BCUT2D eigenvalue weighted by molar-refractivity contribution is 5.87. The minimum atomic E-state index is -0.344. The van der Waals surface area contributed by atoms with Gasteiger partial charge in [0.05, 0.1) is 0 Å². The molecular weight excluding hydrogens is 366 g/mol. The minimum absolute atomic E-state index is 0.0596. The summed E-state index contributed by atoms with van der Waals surface area (Å²) in [5.74, 6) is 1.18. The number of hydrogen-bond donors (Lipinski definition) is 0. The average Bonchev–Trinajstić information content (AvgIpc) is 3.24. The van der Waals surface area contributed by atoms with Gasteiger partial charge in [0.25, 0.3) is 0 Å². The Morgan fingerprint density at radius 2 is 2.00 bits per heavy atom. The maximum atomic E-state index is 11.9. The van der Waals surface area contributed by atoms with Crippen molar-refractivity contribution in [2.75, 3.05) is 0 Å². The van der Waals surface area contributed by atoms with E-state index in [1.54, 1.807) is 19.3 Å². The van der Waals surface area contributed by atoms with Crippen LogP contribution in [0.4, 0.5) is 0 Å². The third-order valence-electron chi connectivity index (χ3n) is 5.66. The van der Waals surface area contributed by atoms with E-state index in [0.717, 1.165) is 40.9 Å². The van der Waals surface area contributed by atoms with Crippen molar-refractivity contribution in [1.29, 1.82) is 0 Å². The quantitative estimate of drug-likeness (QED) is 0.421. The standard InChI is InChI=1S/C24H25NO4/c1-15(2)23(26)29-22-10-9-21(24(22,3)4)27-18-8-7-16-12-19(28-20(16)13-18)17-6-5-11-25-14-17/h5-8,11-14,21-22H,1,9-10H2,2-4H3. The van der Waals surface area contributed by atoms with Crippen LogP contribution in [0.3, 0.4) is 0 Å². The van der Waals surface area contributed by atoms with Crippen molar-refractivity contribution < 1.29 is 18.7 Å². The Morgan fingerprint density at radius 3 is 2.72 bits per heavy atom. The zero-order valence-corrected chi connectivity index (χ0v) is 17.0. The summed E-state index contributed by atoms with van der Waals surface area (Å²) in [5.41, 5.74) is 1.81. The van der Waals surface area contributed by atoms with Crippen LogP contribution < -0.4 is 4.74 Å². The first kappa shape index (κ1) is 19.2. The van der Waals surface area contributed by atoms with Crippen LogP contribution in [0, 0.1) is 5.41 Å². The highest BCUT2D eigenvalue weighted by Crippen LogP contribution is 2.42. The lowest BCUT2D eigenvalue weighted by molar-refractivity contribution is -0.150. The molecule has 1 saturated carbocycles. The molecular formula is C24H25NO4. The van der Waals surface area contributed by atoms with Crippen molar-refractivity contribution in [1.82, 2.24) is 4.98 Å². The summed E-state index contributed by atoms with van der Waals surface area (Å²) in [7, 11) is 0. The Labute approximate surface area is 170 Å². The van der Waals surface area contributed by atoms with Crippen LogP contribution in [-0.4, -0.2) is 23.2 Å². The summed E-state index contributed by atoms with van der Waals surface area (Å²) in [6.45, 7) is 9.48. The zero-order valence-electron chi connectivity index (χ0n) is 17.0. The number of carbonyl (C=O) groups excluding carboxylic acids is 1. The topological polar surface area (TPSA) is 61.6 Å². The molecule has 2 unspecified atom stereocenters. The lowest BCUT2D eigenvalue weighted by atomic mass is 9.86. The van der Waals surface area contributed by atoms with Gasteiger partial charge in [-0.05, 0) is 50.1 Å². The van der Waals surface area contributed by atoms with Crippen LogP contribution in [0.5, 0.6) is 5.75 Å². The molecule has 0 spiro atoms. The van der Waals surface area contributed by atoms with Gasteiger partial charge in [-0.3, -0.25) is 4.98 Å². The van der Waals surface area contributed by atoms with Crippen molar-refractivity contribution in [3.8, 4) is 17.1 Å². The van der Waals surface area contributed by atoms with Crippen molar-refractivity contribution in [3.63, 3.8) is 0 Å². The highest BCUT2D eigenvalue weighted by atomic mass is 16.6. The highest BCUT2D eigenvalue weighted by Gasteiger charge is 2.47. The summed E-state index contributed by atoms with van der Waals surface area (Å²) < 4.78 is 17.9. The molecule has 4 rings (SSSR count). The Balaban J connectivity index is 1.52. The largest absolute Gasteiger partial charge is 0.490 e. The van der Waals surface area contributed by atoms with E-state index in [-0.39, 0.29) is 23.6 Å². The van der Waals surface area contributed by atoms with E-state index >= 15 is 0 Å². The van der Waals surface area contributed by atoms with Gasteiger partial charge in [-0.2, -0.15) is 0 Å². The van der Waals surface area contributed by atoms with Crippen molar-refractivity contribution >= 4 is 16.9 Å². The lowest BCUT2D eigenvalue weighted by Gasteiger charge is -2.32. The molecule has 0 aliphatic heterocycles. The molecule has 5 nitrogen and oxygen atoms in total. The fourth-order valence-corrected chi connectivity index (χ4v) is 3.81. The number of hydrogen-bond acceptors (Lipinski definition) is 5. The predicted molar refractivity (Wildman–Crippen MR) is 112 cm³/mol. The smallest absolute Gasteiger partial charge is 0.333 e. The molecule has 29 heavy (non-hydrogen) atoms. The monoisotopic (exact) mass is 391 g/mol. The average molecular weight is 391 g/mol. The molecule has 5 heteroatoms. The minimum Gasteiger partial charge on any atom is -0.490 e. The molecule has 2 heterocycles. The molecule has 0 N–H and O–H groups in total. The van der Waals surface area contributed by atoms with Gasteiger partial charge in [-0.1, -0.05) is 20.4 Å². The molecule has 1 fully saturated rings. The molecule has 2 atom stereocenters. The van der Waals surface area contributed by atoms with Crippen LogP contribution in [0.15, 0.2) is 65.4 Å². The summed E-state index contributed by atoms with van der Waals surface area (Å²) in [5, 5.41) is 1.01. The molecule has 1 aliphatic carbocycles. The predicted octanol–water partition coefficient (Wildman–Crippen LogP) is 5.55. The van der Waals surface area contributed by atoms with E-state index in [4.69, 9.17) is 13.9 Å². The lowest BCUT2D eigenvalue weighted by Crippen LogP contribution is -2.38. The van der Waals surface area contributed by atoms with Gasteiger partial charge < -0.3 is 13.9 Å². The van der Waals surface area contributed by atoms with Crippen LogP contribution in [0.1, 0.15) is 33.6 Å². The second-order valence-corrected chi connectivity index (χ2v) is 8.23. The van der Waals surface area contributed by atoms with Crippen molar-refractivity contribution in [2.45, 2.75) is 45.8 Å². The van der Waals surface area contributed by atoms with Gasteiger partial charge in [-0.25, -0.2) is 4.79 Å². The molecule has 1 aromatic carbocycles. The number of aromatic nitrogens is 1. The van der Waals surface area contributed by atoms with Gasteiger partial charge in [0.15, 0.2) is 0 Å². The van der Waals surface area contributed by atoms with Gasteiger partial charge in [-0.15, -0.1) is 0 Å². The molecule has 2 aromatic heterocycles. The number of esters is 1. The molecule has 150 valence electrons. The first-order valence-electron chi connectivity index (χ1n) is 9.82. The van der Waals surface area contributed by atoms with Crippen molar-refractivity contribution in [2.24, 2.45) is 5.41 Å². The molecule has 0 radical (unpaired) electrons. The fraction of sp³-hybridized carbons (Fsp3) is 0.333. The maximum Gasteiger partial charge on any atom is 0.333 e. The molecule has 0 amide bonds. The third-order valence-corrected chi connectivity index (χ3v) is 5.66. The molecule has 3 aromatic rings. The van der Waals surface area contributed by atoms with Gasteiger partial charge >= 0.3 is 5.97 Å². The van der Waals surface area contributed by atoms with Crippen LogP contribution in [0.2, 0.25) is 0 Å². The van der Waals surface area contributed by atoms with E-state index < -0.39 is 0 Å². The fourth-order valence-electron chi connectivity index (χ4n) is 3.81. The molecule has 1 aliphatic rings. The van der Waals surface area contributed by atoms with E-state index in [0.29, 0.717) is 5.57 Å². The van der Waals surface area contributed by atoms with Crippen LogP contribution in [0.25, 0.3) is 22.3 Å². The second-order valence-electron chi connectivity index (χ2n) is 8.23. The van der Waals surface area contributed by atoms with E-state index in [2.05, 4.69) is 25.4 Å². The SMILES string of the molecule is C=C(C)C(=O)OC1CCC(Oc2ccc3cc(-c4cccnc4)oc3c2)C1(C)C.